The van der Waals surface area contributed by atoms with Crippen LogP contribution in [0.25, 0.3) is 0 Å². The summed E-state index contributed by atoms with van der Waals surface area (Å²) >= 11 is 0. The third-order valence-electron chi connectivity index (χ3n) is 4.14. The zero-order valence-electron chi connectivity index (χ0n) is 15.3. The molecule has 0 saturated heterocycles. The normalized spacial score (nSPS) is 12.4. The van der Waals surface area contributed by atoms with Gasteiger partial charge in [-0.15, -0.1) is 0 Å². The van der Waals surface area contributed by atoms with Crippen LogP contribution in [0, 0.1) is 6.92 Å². The summed E-state index contributed by atoms with van der Waals surface area (Å²) in [5.74, 6) is -2.02. The number of hydrogen-bond acceptors (Lipinski definition) is 4. The second-order valence-corrected chi connectivity index (χ2v) is 7.88. The van der Waals surface area contributed by atoms with Gasteiger partial charge in [0.2, 0.25) is 10.0 Å². The average molecular weight is 390 g/mol. The van der Waals surface area contributed by atoms with Crippen molar-refractivity contribution in [1.82, 2.24) is 4.72 Å². The van der Waals surface area contributed by atoms with E-state index in [-0.39, 0.29) is 17.0 Å². The fourth-order valence-electron chi connectivity index (χ4n) is 2.48. The second kappa shape index (κ2) is 8.32. The van der Waals surface area contributed by atoms with Crippen molar-refractivity contribution in [2.24, 2.45) is 0 Å². The molecular weight excluding hydrogens is 368 g/mol. The van der Waals surface area contributed by atoms with Gasteiger partial charge in [0, 0.05) is 17.8 Å². The number of sulfonamides is 1. The first-order chi connectivity index (χ1) is 12.7. The highest BCUT2D eigenvalue weighted by atomic mass is 32.2. The summed E-state index contributed by atoms with van der Waals surface area (Å²) in [5.41, 5.74) is 1.99. The SMILES string of the molecule is CCNS(=O)(=O)c1ccc(C)c(C(=O)Nc2ccc(C(C)C(=O)O)cc2)c1. The van der Waals surface area contributed by atoms with Crippen molar-refractivity contribution >= 4 is 27.6 Å². The van der Waals surface area contributed by atoms with Crippen molar-refractivity contribution < 1.29 is 23.1 Å². The van der Waals surface area contributed by atoms with Crippen LogP contribution in [0.3, 0.4) is 0 Å². The number of anilines is 1. The lowest BCUT2D eigenvalue weighted by molar-refractivity contribution is -0.138. The number of aryl methyl sites for hydroxylation is 1. The van der Waals surface area contributed by atoms with Crippen LogP contribution in [-0.2, 0) is 14.8 Å². The lowest BCUT2D eigenvalue weighted by atomic mass is 10.0. The molecule has 2 aromatic rings. The minimum Gasteiger partial charge on any atom is -0.481 e. The molecule has 27 heavy (non-hydrogen) atoms. The van der Waals surface area contributed by atoms with E-state index in [4.69, 9.17) is 5.11 Å². The molecule has 0 aromatic heterocycles. The third-order valence-corrected chi connectivity index (χ3v) is 5.68. The summed E-state index contributed by atoms with van der Waals surface area (Å²) < 4.78 is 26.7. The Kier molecular flexibility index (Phi) is 6.35. The van der Waals surface area contributed by atoms with Crippen LogP contribution in [0.2, 0.25) is 0 Å². The Balaban J connectivity index is 2.24. The van der Waals surface area contributed by atoms with Crippen LogP contribution >= 0.6 is 0 Å². The lowest BCUT2D eigenvalue weighted by Gasteiger charge is -2.12. The highest BCUT2D eigenvalue weighted by molar-refractivity contribution is 7.89. The van der Waals surface area contributed by atoms with Crippen LogP contribution in [-0.4, -0.2) is 31.9 Å². The Morgan fingerprint density at radius 3 is 2.30 bits per heavy atom. The predicted octanol–water partition coefficient (Wildman–Crippen LogP) is 2.73. The molecule has 0 aliphatic rings. The predicted molar refractivity (Wildman–Crippen MR) is 102 cm³/mol. The topological polar surface area (TPSA) is 113 Å². The summed E-state index contributed by atoms with van der Waals surface area (Å²) in [5, 5.41) is 11.7. The Morgan fingerprint density at radius 2 is 1.74 bits per heavy atom. The standard InChI is InChI=1S/C19H22N2O5S/c1-4-20-27(25,26)16-10-5-12(2)17(11-16)18(22)21-15-8-6-14(7-9-15)13(3)19(23)24/h5-11,13,20H,4H2,1-3H3,(H,21,22)(H,23,24). The minimum absolute atomic E-state index is 0.0192. The van der Waals surface area contributed by atoms with E-state index in [0.29, 0.717) is 16.8 Å². The maximum absolute atomic E-state index is 12.6. The quantitative estimate of drug-likeness (QED) is 0.673. The van der Waals surface area contributed by atoms with Gasteiger partial charge in [-0.05, 0) is 49.2 Å². The third kappa shape index (κ3) is 4.93. The molecule has 0 aliphatic carbocycles. The molecular formula is C19H22N2O5S. The van der Waals surface area contributed by atoms with Gasteiger partial charge in [0.25, 0.3) is 5.91 Å². The van der Waals surface area contributed by atoms with Crippen LogP contribution in [0.15, 0.2) is 47.4 Å². The second-order valence-electron chi connectivity index (χ2n) is 6.11. The first-order valence-corrected chi connectivity index (χ1v) is 9.88. The van der Waals surface area contributed by atoms with Gasteiger partial charge < -0.3 is 10.4 Å². The minimum atomic E-state index is -3.66. The van der Waals surface area contributed by atoms with Crippen molar-refractivity contribution in [2.75, 3.05) is 11.9 Å². The van der Waals surface area contributed by atoms with Crippen molar-refractivity contribution in [3.8, 4) is 0 Å². The fraction of sp³-hybridized carbons (Fsp3) is 0.263. The van der Waals surface area contributed by atoms with E-state index < -0.39 is 27.8 Å². The van der Waals surface area contributed by atoms with Gasteiger partial charge in [-0.1, -0.05) is 25.1 Å². The molecule has 1 atom stereocenters. The van der Waals surface area contributed by atoms with E-state index in [1.807, 2.05) is 0 Å². The van der Waals surface area contributed by atoms with Gasteiger partial charge in [0.1, 0.15) is 0 Å². The Labute approximate surface area is 158 Å². The van der Waals surface area contributed by atoms with E-state index in [1.54, 1.807) is 51.1 Å². The van der Waals surface area contributed by atoms with Crippen molar-refractivity contribution in [3.63, 3.8) is 0 Å². The molecule has 7 nitrogen and oxygen atoms in total. The van der Waals surface area contributed by atoms with E-state index in [2.05, 4.69) is 10.0 Å². The molecule has 0 saturated carbocycles. The highest BCUT2D eigenvalue weighted by Crippen LogP contribution is 2.20. The average Bonchev–Trinajstić information content (AvgIpc) is 2.61. The van der Waals surface area contributed by atoms with Gasteiger partial charge in [-0.3, -0.25) is 9.59 Å². The van der Waals surface area contributed by atoms with Gasteiger partial charge in [-0.25, -0.2) is 13.1 Å². The molecule has 1 unspecified atom stereocenters. The number of benzene rings is 2. The number of carbonyl (C=O) groups is 2. The molecule has 0 spiro atoms. The molecule has 1 amide bonds. The number of amides is 1. The summed E-state index contributed by atoms with van der Waals surface area (Å²) in [6, 6.07) is 10.9. The zero-order chi connectivity index (χ0) is 20.2. The van der Waals surface area contributed by atoms with Crippen LogP contribution in [0.4, 0.5) is 5.69 Å². The van der Waals surface area contributed by atoms with Crippen LogP contribution in [0.1, 0.15) is 41.3 Å². The Morgan fingerprint density at radius 1 is 1.11 bits per heavy atom. The van der Waals surface area contributed by atoms with E-state index >= 15 is 0 Å². The monoisotopic (exact) mass is 390 g/mol. The molecule has 2 aromatic carbocycles. The Bertz CT molecular complexity index is 953. The molecule has 0 radical (unpaired) electrons. The number of nitrogens with one attached hydrogen (secondary N) is 2. The molecule has 0 fully saturated rings. The van der Waals surface area contributed by atoms with E-state index in [0.717, 1.165) is 0 Å². The molecule has 0 aliphatic heterocycles. The number of hydrogen-bond donors (Lipinski definition) is 3. The summed E-state index contributed by atoms with van der Waals surface area (Å²) in [6.07, 6.45) is 0. The van der Waals surface area contributed by atoms with Crippen molar-refractivity contribution in [1.29, 1.82) is 0 Å². The first kappa shape index (κ1) is 20.6. The number of carboxylic acid groups (broad SMARTS) is 1. The number of carbonyl (C=O) groups excluding carboxylic acids is 1. The van der Waals surface area contributed by atoms with Gasteiger partial charge in [0.05, 0.1) is 10.8 Å². The molecule has 2 rings (SSSR count). The van der Waals surface area contributed by atoms with Gasteiger partial charge in [-0.2, -0.15) is 0 Å². The molecule has 144 valence electrons. The highest BCUT2D eigenvalue weighted by Gasteiger charge is 2.18. The van der Waals surface area contributed by atoms with E-state index in [9.17, 15) is 18.0 Å². The summed E-state index contributed by atoms with van der Waals surface area (Å²) in [4.78, 5) is 23.6. The Hall–Kier alpha value is -2.71. The van der Waals surface area contributed by atoms with Crippen molar-refractivity contribution in [3.05, 3.63) is 59.2 Å². The maximum Gasteiger partial charge on any atom is 0.310 e. The van der Waals surface area contributed by atoms with Gasteiger partial charge in [0.15, 0.2) is 0 Å². The smallest absolute Gasteiger partial charge is 0.310 e. The van der Waals surface area contributed by atoms with Crippen LogP contribution < -0.4 is 10.0 Å². The van der Waals surface area contributed by atoms with Crippen LogP contribution in [0.5, 0.6) is 0 Å². The maximum atomic E-state index is 12.6. The molecule has 0 bridgehead atoms. The first-order valence-electron chi connectivity index (χ1n) is 8.40. The summed E-state index contributed by atoms with van der Waals surface area (Å²) in [7, 11) is -3.66. The summed E-state index contributed by atoms with van der Waals surface area (Å²) in [6.45, 7) is 5.22. The van der Waals surface area contributed by atoms with E-state index in [1.165, 1.54) is 12.1 Å². The largest absolute Gasteiger partial charge is 0.481 e. The molecule has 3 N–H and O–H groups in total. The number of aliphatic carboxylic acids is 1. The molecule has 0 heterocycles. The zero-order valence-corrected chi connectivity index (χ0v) is 16.1. The molecule has 8 heteroatoms. The van der Waals surface area contributed by atoms with Crippen molar-refractivity contribution in [2.45, 2.75) is 31.6 Å². The lowest BCUT2D eigenvalue weighted by Crippen LogP contribution is -2.24. The number of carboxylic acids is 1. The van der Waals surface area contributed by atoms with Gasteiger partial charge >= 0.3 is 5.97 Å². The fourth-order valence-corrected chi connectivity index (χ4v) is 3.55. The number of rotatable bonds is 7.